The van der Waals surface area contributed by atoms with Crippen molar-refractivity contribution in [3.05, 3.63) is 72.2 Å². The van der Waals surface area contributed by atoms with E-state index in [-0.39, 0.29) is 29.3 Å². The van der Waals surface area contributed by atoms with Crippen LogP contribution in [0, 0.1) is 0 Å². The molecular formula is C33H37F3N8O4. The SMILES string of the molecule is CNC(=O)c1ccccc1Nc1nc(Nc2ccc(-c3cnn(C4CCN(C(=O)OC(C)(C)C)CC4)c3)cc2OC)ncc1C(F)(F)F. The van der Waals surface area contributed by atoms with Gasteiger partial charge in [0, 0.05) is 38.1 Å². The summed E-state index contributed by atoms with van der Waals surface area (Å²) in [6, 6.07) is 11.6. The van der Waals surface area contributed by atoms with Gasteiger partial charge in [0.25, 0.3) is 5.91 Å². The molecule has 0 atom stereocenters. The summed E-state index contributed by atoms with van der Waals surface area (Å²) in [7, 11) is 2.90. The molecule has 0 radical (unpaired) electrons. The van der Waals surface area contributed by atoms with E-state index in [1.54, 1.807) is 35.4 Å². The second-order valence-corrected chi connectivity index (χ2v) is 12.2. The Morgan fingerprint density at radius 2 is 1.69 bits per heavy atom. The lowest BCUT2D eigenvalue weighted by Gasteiger charge is -2.33. The van der Waals surface area contributed by atoms with E-state index in [1.807, 2.05) is 37.7 Å². The summed E-state index contributed by atoms with van der Waals surface area (Å²) < 4.78 is 54.7. The molecule has 254 valence electrons. The zero-order chi connectivity index (χ0) is 34.6. The number of amides is 2. The molecule has 3 heterocycles. The van der Waals surface area contributed by atoms with Crippen molar-refractivity contribution in [1.29, 1.82) is 0 Å². The van der Waals surface area contributed by atoms with E-state index in [2.05, 4.69) is 31.0 Å². The highest BCUT2D eigenvalue weighted by atomic mass is 19.4. The molecule has 4 aromatic rings. The van der Waals surface area contributed by atoms with Gasteiger partial charge in [-0.2, -0.15) is 23.3 Å². The van der Waals surface area contributed by atoms with E-state index in [4.69, 9.17) is 9.47 Å². The van der Waals surface area contributed by atoms with Gasteiger partial charge >= 0.3 is 12.3 Å². The van der Waals surface area contributed by atoms with Gasteiger partial charge in [0.2, 0.25) is 5.95 Å². The molecule has 0 bridgehead atoms. The second kappa shape index (κ2) is 13.8. The Morgan fingerprint density at radius 3 is 2.35 bits per heavy atom. The van der Waals surface area contributed by atoms with Crippen LogP contribution in [0.1, 0.15) is 55.6 Å². The minimum atomic E-state index is -4.76. The van der Waals surface area contributed by atoms with Gasteiger partial charge in [-0.1, -0.05) is 18.2 Å². The van der Waals surface area contributed by atoms with E-state index >= 15 is 0 Å². The third-order valence-electron chi connectivity index (χ3n) is 7.62. The summed E-state index contributed by atoms with van der Waals surface area (Å²) in [5.41, 5.74) is 0.687. The van der Waals surface area contributed by atoms with E-state index in [0.717, 1.165) is 24.0 Å². The first-order valence-corrected chi connectivity index (χ1v) is 15.3. The van der Waals surface area contributed by atoms with Crippen LogP contribution in [0.15, 0.2) is 61.1 Å². The fourth-order valence-corrected chi connectivity index (χ4v) is 5.22. The minimum absolute atomic E-state index is 0.114. The zero-order valence-electron chi connectivity index (χ0n) is 27.2. The average molecular weight is 667 g/mol. The Labute approximate surface area is 275 Å². The lowest BCUT2D eigenvalue weighted by molar-refractivity contribution is -0.137. The molecule has 48 heavy (non-hydrogen) atoms. The molecule has 1 aliphatic heterocycles. The smallest absolute Gasteiger partial charge is 0.421 e. The molecule has 1 aliphatic rings. The third kappa shape index (κ3) is 7.96. The standard InChI is InChI=1S/C33H37F3N8O4/c1-32(2,3)48-31(46)43-14-12-22(13-15-43)44-19-21(17-39-44)20-10-11-26(27(16-20)47-5)41-30-38-18-24(33(34,35)36)28(42-30)40-25-9-7-6-8-23(25)29(45)37-4/h6-11,16-19,22H,12-15H2,1-5H3,(H,37,45)(H2,38,40,41,42). The zero-order valence-corrected chi connectivity index (χ0v) is 27.2. The Balaban J connectivity index is 1.32. The number of halogens is 3. The number of ether oxygens (including phenoxy) is 2. The molecule has 12 nitrogen and oxygen atoms in total. The third-order valence-corrected chi connectivity index (χ3v) is 7.62. The van der Waals surface area contributed by atoms with Crippen LogP contribution in [-0.4, -0.2) is 69.5 Å². The Hall–Kier alpha value is -5.34. The highest BCUT2D eigenvalue weighted by Crippen LogP contribution is 2.37. The molecule has 5 rings (SSSR count). The quantitative estimate of drug-likeness (QED) is 0.186. The summed E-state index contributed by atoms with van der Waals surface area (Å²) in [4.78, 5) is 34.5. The van der Waals surface area contributed by atoms with Crippen molar-refractivity contribution in [2.24, 2.45) is 0 Å². The average Bonchev–Trinajstić information content (AvgIpc) is 3.54. The number of carbonyl (C=O) groups excluding carboxylic acids is 2. The first kappa shape index (κ1) is 34.0. The van der Waals surface area contributed by atoms with Gasteiger partial charge in [0.1, 0.15) is 22.7 Å². The fourth-order valence-electron chi connectivity index (χ4n) is 5.22. The maximum Gasteiger partial charge on any atom is 0.421 e. The van der Waals surface area contributed by atoms with Crippen molar-refractivity contribution in [3.63, 3.8) is 0 Å². The minimum Gasteiger partial charge on any atom is -0.495 e. The summed E-state index contributed by atoms with van der Waals surface area (Å²) in [6.45, 7) is 6.65. The number of para-hydroxylation sites is 1. The van der Waals surface area contributed by atoms with Gasteiger partial charge in [-0.25, -0.2) is 9.78 Å². The molecule has 1 saturated heterocycles. The lowest BCUT2D eigenvalue weighted by Crippen LogP contribution is -2.42. The molecule has 0 aliphatic carbocycles. The number of benzene rings is 2. The number of aromatic nitrogens is 4. The number of alkyl halides is 3. The summed E-state index contributed by atoms with van der Waals surface area (Å²) >= 11 is 0. The van der Waals surface area contributed by atoms with E-state index in [0.29, 0.717) is 30.7 Å². The topological polar surface area (TPSA) is 136 Å². The Morgan fingerprint density at radius 1 is 0.958 bits per heavy atom. The Bertz CT molecular complexity index is 1780. The van der Waals surface area contributed by atoms with Crippen LogP contribution in [0.2, 0.25) is 0 Å². The number of nitrogens with one attached hydrogen (secondary N) is 3. The number of likely N-dealkylation sites (tertiary alicyclic amines) is 1. The number of carbonyl (C=O) groups is 2. The van der Waals surface area contributed by atoms with Gasteiger partial charge in [0.15, 0.2) is 0 Å². The lowest BCUT2D eigenvalue weighted by atomic mass is 10.1. The highest BCUT2D eigenvalue weighted by molar-refractivity contribution is 6.00. The monoisotopic (exact) mass is 666 g/mol. The molecule has 1 fully saturated rings. The number of rotatable bonds is 8. The number of methoxy groups -OCH3 is 1. The maximum absolute atomic E-state index is 13.9. The first-order chi connectivity index (χ1) is 22.8. The first-order valence-electron chi connectivity index (χ1n) is 15.3. The largest absolute Gasteiger partial charge is 0.495 e. The number of piperidine rings is 1. The fraction of sp³-hybridized carbons (Fsp3) is 0.364. The summed E-state index contributed by atoms with van der Waals surface area (Å²) in [5.74, 6) is -0.734. The molecule has 2 amide bonds. The van der Waals surface area contributed by atoms with Crippen LogP contribution in [0.5, 0.6) is 5.75 Å². The van der Waals surface area contributed by atoms with Gasteiger partial charge in [-0.05, 0) is 63.4 Å². The van der Waals surface area contributed by atoms with Crippen molar-refractivity contribution in [1.82, 2.24) is 30.0 Å². The van der Waals surface area contributed by atoms with E-state index < -0.39 is 29.1 Å². The molecule has 2 aromatic heterocycles. The van der Waals surface area contributed by atoms with E-state index in [9.17, 15) is 22.8 Å². The van der Waals surface area contributed by atoms with Gasteiger partial charge in [-0.15, -0.1) is 0 Å². The normalized spacial score (nSPS) is 14.0. The molecule has 0 saturated carbocycles. The number of nitrogens with zero attached hydrogens (tertiary/aromatic N) is 5. The van der Waals surface area contributed by atoms with Crippen molar-refractivity contribution in [2.45, 2.75) is 51.4 Å². The van der Waals surface area contributed by atoms with Gasteiger partial charge in [0.05, 0.1) is 36.3 Å². The van der Waals surface area contributed by atoms with Gasteiger partial charge in [-0.3, -0.25) is 9.48 Å². The second-order valence-electron chi connectivity index (χ2n) is 12.2. The van der Waals surface area contributed by atoms with Crippen molar-refractivity contribution in [2.75, 3.05) is 37.9 Å². The highest BCUT2D eigenvalue weighted by Gasteiger charge is 2.36. The maximum atomic E-state index is 13.9. The van der Waals surface area contributed by atoms with Crippen LogP contribution in [0.4, 0.5) is 41.1 Å². The molecule has 2 aromatic carbocycles. The predicted octanol–water partition coefficient (Wildman–Crippen LogP) is 6.79. The van der Waals surface area contributed by atoms with Crippen LogP contribution in [0.3, 0.4) is 0 Å². The van der Waals surface area contributed by atoms with Crippen molar-refractivity contribution in [3.8, 4) is 16.9 Å². The molecular weight excluding hydrogens is 629 g/mol. The molecule has 3 N–H and O–H groups in total. The van der Waals surface area contributed by atoms with Crippen LogP contribution in [-0.2, 0) is 10.9 Å². The van der Waals surface area contributed by atoms with Crippen LogP contribution in [0.25, 0.3) is 11.1 Å². The van der Waals surface area contributed by atoms with Crippen LogP contribution >= 0.6 is 0 Å². The van der Waals surface area contributed by atoms with Crippen LogP contribution < -0.4 is 20.7 Å². The molecule has 0 spiro atoms. The Kier molecular flexibility index (Phi) is 9.77. The predicted molar refractivity (Wildman–Crippen MR) is 174 cm³/mol. The van der Waals surface area contributed by atoms with E-state index in [1.165, 1.54) is 26.3 Å². The van der Waals surface area contributed by atoms with Crippen molar-refractivity contribution >= 4 is 35.1 Å². The van der Waals surface area contributed by atoms with Crippen molar-refractivity contribution < 1.29 is 32.2 Å². The molecule has 15 heteroatoms. The number of hydrogen-bond donors (Lipinski definition) is 3. The molecule has 0 unspecified atom stereocenters. The van der Waals surface area contributed by atoms with Gasteiger partial charge < -0.3 is 30.3 Å². The summed E-state index contributed by atoms with van der Waals surface area (Å²) in [6.07, 6.45) is 0.735. The number of hydrogen-bond acceptors (Lipinski definition) is 9. The summed E-state index contributed by atoms with van der Waals surface area (Å²) in [5, 5.41) is 12.6. The number of anilines is 4.